The van der Waals surface area contributed by atoms with Gasteiger partial charge < -0.3 is 10.0 Å². The zero-order chi connectivity index (χ0) is 14.7. The first-order chi connectivity index (χ1) is 10.3. The van der Waals surface area contributed by atoms with E-state index in [1.807, 2.05) is 48.5 Å². The third kappa shape index (κ3) is 2.98. The Hall–Kier alpha value is -2.13. The van der Waals surface area contributed by atoms with Gasteiger partial charge in [0.2, 0.25) is 5.91 Å². The van der Waals surface area contributed by atoms with Gasteiger partial charge in [0.15, 0.2) is 0 Å². The lowest BCUT2D eigenvalue weighted by Crippen LogP contribution is -2.34. The Morgan fingerprint density at radius 1 is 1.00 bits per heavy atom. The van der Waals surface area contributed by atoms with Crippen LogP contribution in [0, 0.1) is 0 Å². The average molecular weight is 281 g/mol. The van der Waals surface area contributed by atoms with Crippen molar-refractivity contribution in [1.29, 1.82) is 0 Å². The van der Waals surface area contributed by atoms with Gasteiger partial charge in [-0.2, -0.15) is 0 Å². The molecular formula is C18H19NO2. The lowest BCUT2D eigenvalue weighted by atomic mass is 10.1. The number of carbonyl (C=O) groups is 1. The molecule has 0 saturated carbocycles. The number of nitrogens with zero attached hydrogens (tertiary/aromatic N) is 1. The molecule has 1 aliphatic heterocycles. The largest absolute Gasteiger partial charge is 0.387 e. The Morgan fingerprint density at radius 3 is 2.52 bits per heavy atom. The van der Waals surface area contributed by atoms with Crippen molar-refractivity contribution in [1.82, 2.24) is 0 Å². The molecule has 0 saturated heterocycles. The van der Waals surface area contributed by atoms with Gasteiger partial charge >= 0.3 is 0 Å². The maximum atomic E-state index is 12.4. The monoisotopic (exact) mass is 281 g/mol. The van der Waals surface area contributed by atoms with Crippen LogP contribution in [0.1, 0.15) is 30.1 Å². The molecule has 1 N–H and O–H groups in total. The normalized spacial score (nSPS) is 16.2. The van der Waals surface area contributed by atoms with Crippen LogP contribution in [0.15, 0.2) is 54.6 Å². The number of amides is 1. The first-order valence-electron chi connectivity index (χ1n) is 7.37. The fourth-order valence-corrected chi connectivity index (χ4v) is 2.84. The van der Waals surface area contributed by atoms with Crippen LogP contribution in [0.3, 0.4) is 0 Å². The van der Waals surface area contributed by atoms with E-state index < -0.39 is 6.10 Å². The fourth-order valence-electron chi connectivity index (χ4n) is 2.84. The van der Waals surface area contributed by atoms with Crippen LogP contribution >= 0.6 is 0 Å². The van der Waals surface area contributed by atoms with Crippen LogP contribution in [0.2, 0.25) is 0 Å². The number of hydrogen-bond donors (Lipinski definition) is 1. The van der Waals surface area contributed by atoms with Crippen molar-refractivity contribution in [2.75, 3.05) is 11.4 Å². The molecule has 108 valence electrons. The molecule has 1 atom stereocenters. The minimum Gasteiger partial charge on any atom is -0.387 e. The second-order valence-corrected chi connectivity index (χ2v) is 5.41. The molecule has 0 aliphatic carbocycles. The summed E-state index contributed by atoms with van der Waals surface area (Å²) in [7, 11) is 0. The van der Waals surface area contributed by atoms with Crippen molar-refractivity contribution in [3.63, 3.8) is 0 Å². The minimum atomic E-state index is -0.665. The third-order valence-electron chi connectivity index (χ3n) is 3.96. The zero-order valence-corrected chi connectivity index (χ0v) is 11.9. The highest BCUT2D eigenvalue weighted by Crippen LogP contribution is 2.28. The van der Waals surface area contributed by atoms with E-state index in [2.05, 4.69) is 6.07 Å². The highest BCUT2D eigenvalue weighted by molar-refractivity contribution is 5.94. The van der Waals surface area contributed by atoms with Crippen molar-refractivity contribution in [3.8, 4) is 0 Å². The molecule has 1 heterocycles. The molecule has 2 aromatic carbocycles. The lowest BCUT2D eigenvalue weighted by Gasteiger charge is -2.26. The molecule has 0 radical (unpaired) electrons. The summed E-state index contributed by atoms with van der Waals surface area (Å²) in [4.78, 5) is 14.1. The number of benzene rings is 2. The summed E-state index contributed by atoms with van der Waals surface area (Å²) >= 11 is 0. The molecule has 1 unspecified atom stereocenters. The highest BCUT2D eigenvalue weighted by Gasteiger charge is 2.24. The predicted molar refractivity (Wildman–Crippen MR) is 83.1 cm³/mol. The topological polar surface area (TPSA) is 40.5 Å². The standard InChI is InChI=1S/C18H19NO2/c20-17(15-8-2-1-3-9-15)13-19-16-11-5-4-7-14(16)10-6-12-18(19)21/h1-5,7-9,11,17,20H,6,10,12-13H2. The Kier molecular flexibility index (Phi) is 4.02. The van der Waals surface area contributed by atoms with Gasteiger partial charge in [0, 0.05) is 12.1 Å². The maximum Gasteiger partial charge on any atom is 0.227 e. The quantitative estimate of drug-likeness (QED) is 0.939. The van der Waals surface area contributed by atoms with Gasteiger partial charge in [-0.15, -0.1) is 0 Å². The van der Waals surface area contributed by atoms with Crippen molar-refractivity contribution in [2.24, 2.45) is 0 Å². The van der Waals surface area contributed by atoms with E-state index in [0.717, 1.165) is 24.1 Å². The number of para-hydroxylation sites is 1. The minimum absolute atomic E-state index is 0.0925. The smallest absolute Gasteiger partial charge is 0.227 e. The van der Waals surface area contributed by atoms with E-state index in [1.165, 1.54) is 5.56 Å². The van der Waals surface area contributed by atoms with E-state index in [0.29, 0.717) is 13.0 Å². The fraction of sp³-hybridized carbons (Fsp3) is 0.278. The van der Waals surface area contributed by atoms with Crippen molar-refractivity contribution < 1.29 is 9.90 Å². The summed E-state index contributed by atoms with van der Waals surface area (Å²) < 4.78 is 0. The second kappa shape index (κ2) is 6.10. The van der Waals surface area contributed by atoms with Crippen LogP contribution in [-0.4, -0.2) is 17.6 Å². The predicted octanol–water partition coefficient (Wildman–Crippen LogP) is 3.09. The summed E-state index contributed by atoms with van der Waals surface area (Å²) in [6.45, 7) is 0.305. The number of β-amino-alcohol motifs (C(OH)–C–C–N with tert-alkyl or cyclic N) is 1. The number of carbonyl (C=O) groups excluding carboxylic acids is 1. The van der Waals surface area contributed by atoms with Crippen LogP contribution in [0.25, 0.3) is 0 Å². The zero-order valence-electron chi connectivity index (χ0n) is 11.9. The molecule has 3 heteroatoms. The lowest BCUT2D eigenvalue weighted by molar-refractivity contribution is -0.118. The number of anilines is 1. The van der Waals surface area contributed by atoms with E-state index >= 15 is 0 Å². The Morgan fingerprint density at radius 2 is 1.71 bits per heavy atom. The molecule has 0 fully saturated rings. The van der Waals surface area contributed by atoms with Gasteiger partial charge in [0.05, 0.1) is 12.6 Å². The number of rotatable bonds is 3. The van der Waals surface area contributed by atoms with Gasteiger partial charge in [0.25, 0.3) is 0 Å². The molecule has 3 rings (SSSR count). The van der Waals surface area contributed by atoms with Gasteiger partial charge in [0.1, 0.15) is 0 Å². The summed E-state index contributed by atoms with van der Waals surface area (Å²) in [6, 6.07) is 17.5. The molecule has 2 aromatic rings. The van der Waals surface area contributed by atoms with Crippen LogP contribution < -0.4 is 4.90 Å². The van der Waals surface area contributed by atoms with Gasteiger partial charge in [-0.05, 0) is 30.0 Å². The van der Waals surface area contributed by atoms with E-state index in [-0.39, 0.29) is 5.91 Å². The number of aryl methyl sites for hydroxylation is 1. The Labute approximate surface area is 124 Å². The van der Waals surface area contributed by atoms with Crippen LogP contribution in [0.5, 0.6) is 0 Å². The molecular weight excluding hydrogens is 262 g/mol. The Balaban J connectivity index is 1.88. The molecule has 0 bridgehead atoms. The summed E-state index contributed by atoms with van der Waals surface area (Å²) in [5.41, 5.74) is 2.96. The molecule has 3 nitrogen and oxygen atoms in total. The summed E-state index contributed by atoms with van der Waals surface area (Å²) in [5, 5.41) is 10.4. The maximum absolute atomic E-state index is 12.4. The van der Waals surface area contributed by atoms with Gasteiger partial charge in [-0.25, -0.2) is 0 Å². The Bertz CT molecular complexity index is 624. The van der Waals surface area contributed by atoms with Crippen LogP contribution in [-0.2, 0) is 11.2 Å². The first kappa shape index (κ1) is 13.8. The number of aliphatic hydroxyl groups is 1. The van der Waals surface area contributed by atoms with Crippen molar-refractivity contribution in [3.05, 3.63) is 65.7 Å². The number of aliphatic hydroxyl groups excluding tert-OH is 1. The van der Waals surface area contributed by atoms with Crippen LogP contribution in [0.4, 0.5) is 5.69 Å². The van der Waals surface area contributed by atoms with E-state index in [4.69, 9.17) is 0 Å². The molecule has 0 spiro atoms. The third-order valence-corrected chi connectivity index (χ3v) is 3.96. The molecule has 1 aliphatic rings. The molecule has 0 aromatic heterocycles. The SMILES string of the molecule is O=C1CCCc2ccccc2N1CC(O)c1ccccc1. The number of fused-ring (bicyclic) bond motifs is 1. The van der Waals surface area contributed by atoms with E-state index in [1.54, 1.807) is 4.90 Å². The van der Waals surface area contributed by atoms with E-state index in [9.17, 15) is 9.90 Å². The molecule has 21 heavy (non-hydrogen) atoms. The van der Waals surface area contributed by atoms with Crippen molar-refractivity contribution >= 4 is 11.6 Å². The highest BCUT2D eigenvalue weighted by atomic mass is 16.3. The first-order valence-corrected chi connectivity index (χ1v) is 7.37. The average Bonchev–Trinajstić information content (AvgIpc) is 2.68. The second-order valence-electron chi connectivity index (χ2n) is 5.41. The van der Waals surface area contributed by atoms with Crippen molar-refractivity contribution in [2.45, 2.75) is 25.4 Å². The number of hydrogen-bond acceptors (Lipinski definition) is 2. The summed E-state index contributed by atoms with van der Waals surface area (Å²) in [6.07, 6.45) is 1.66. The van der Waals surface area contributed by atoms with Gasteiger partial charge in [-0.3, -0.25) is 4.79 Å². The molecule has 1 amide bonds. The summed E-state index contributed by atoms with van der Waals surface area (Å²) in [5.74, 6) is 0.0925. The van der Waals surface area contributed by atoms with Gasteiger partial charge in [-0.1, -0.05) is 48.5 Å².